The van der Waals surface area contributed by atoms with Gasteiger partial charge < -0.3 is 5.32 Å². The third-order valence-electron chi connectivity index (χ3n) is 2.17. The van der Waals surface area contributed by atoms with Crippen LogP contribution in [-0.2, 0) is 0 Å². The van der Waals surface area contributed by atoms with Gasteiger partial charge in [0, 0.05) is 38.6 Å². The standard InChI is InChI=1S/C10H14N4/c1-3-11-4-2-10(1)9-13-14-7-5-12-6-8-14/h1-4,9,12H,5-8H2. The minimum absolute atomic E-state index is 0.988. The van der Waals surface area contributed by atoms with E-state index in [1.165, 1.54) is 0 Å². The molecule has 0 amide bonds. The molecule has 1 aliphatic rings. The molecular formula is C10H14N4. The van der Waals surface area contributed by atoms with E-state index in [1.807, 2.05) is 18.3 Å². The fourth-order valence-electron chi connectivity index (χ4n) is 1.37. The Balaban J connectivity index is 1.93. The minimum atomic E-state index is 0.988. The van der Waals surface area contributed by atoms with E-state index in [9.17, 15) is 0 Å². The Morgan fingerprint density at radius 2 is 2.00 bits per heavy atom. The van der Waals surface area contributed by atoms with Crippen LogP contribution in [0.5, 0.6) is 0 Å². The molecule has 0 unspecified atom stereocenters. The number of nitrogens with one attached hydrogen (secondary N) is 1. The van der Waals surface area contributed by atoms with Gasteiger partial charge in [0.15, 0.2) is 0 Å². The van der Waals surface area contributed by atoms with Gasteiger partial charge in [-0.25, -0.2) is 0 Å². The second kappa shape index (κ2) is 4.72. The lowest BCUT2D eigenvalue weighted by molar-refractivity contribution is 0.253. The molecule has 14 heavy (non-hydrogen) atoms. The number of piperazine rings is 1. The van der Waals surface area contributed by atoms with Gasteiger partial charge in [-0.15, -0.1) is 0 Å². The zero-order chi connectivity index (χ0) is 9.64. The highest BCUT2D eigenvalue weighted by Gasteiger charge is 2.04. The molecule has 74 valence electrons. The van der Waals surface area contributed by atoms with Crippen molar-refractivity contribution >= 4 is 6.21 Å². The first-order valence-corrected chi connectivity index (χ1v) is 4.85. The van der Waals surface area contributed by atoms with Gasteiger partial charge in [0.2, 0.25) is 0 Å². The van der Waals surface area contributed by atoms with Crippen LogP contribution in [0.1, 0.15) is 5.56 Å². The van der Waals surface area contributed by atoms with Crippen LogP contribution >= 0.6 is 0 Å². The summed E-state index contributed by atoms with van der Waals surface area (Å²) in [6.45, 7) is 4.02. The number of rotatable bonds is 2. The zero-order valence-corrected chi connectivity index (χ0v) is 8.06. The molecule has 2 heterocycles. The molecule has 1 N–H and O–H groups in total. The van der Waals surface area contributed by atoms with Crippen molar-refractivity contribution in [2.45, 2.75) is 0 Å². The quantitative estimate of drug-likeness (QED) is 0.683. The fraction of sp³-hybridized carbons (Fsp3) is 0.400. The van der Waals surface area contributed by atoms with Crippen molar-refractivity contribution in [3.63, 3.8) is 0 Å². The van der Waals surface area contributed by atoms with Crippen molar-refractivity contribution in [1.29, 1.82) is 0 Å². The van der Waals surface area contributed by atoms with Crippen molar-refractivity contribution < 1.29 is 0 Å². The Morgan fingerprint density at radius 1 is 1.29 bits per heavy atom. The second-order valence-corrected chi connectivity index (χ2v) is 3.23. The van der Waals surface area contributed by atoms with Gasteiger partial charge in [-0.3, -0.25) is 9.99 Å². The molecule has 0 aliphatic carbocycles. The molecule has 4 nitrogen and oxygen atoms in total. The molecule has 1 aliphatic heterocycles. The Kier molecular flexibility index (Phi) is 3.08. The zero-order valence-electron chi connectivity index (χ0n) is 8.06. The number of nitrogens with zero attached hydrogens (tertiary/aromatic N) is 3. The van der Waals surface area contributed by atoms with Gasteiger partial charge in [-0.1, -0.05) is 0 Å². The van der Waals surface area contributed by atoms with E-state index >= 15 is 0 Å². The monoisotopic (exact) mass is 190 g/mol. The van der Waals surface area contributed by atoms with Crippen molar-refractivity contribution in [2.24, 2.45) is 5.10 Å². The maximum Gasteiger partial charge on any atom is 0.0544 e. The molecule has 1 aromatic heterocycles. The molecule has 1 aromatic rings. The molecule has 4 heteroatoms. The summed E-state index contributed by atoms with van der Waals surface area (Å²) in [6, 6.07) is 3.90. The first kappa shape index (κ1) is 9.15. The Hall–Kier alpha value is -1.42. The maximum absolute atomic E-state index is 4.39. The Labute approximate surface area is 83.6 Å². The molecule has 0 radical (unpaired) electrons. The maximum atomic E-state index is 4.39. The lowest BCUT2D eigenvalue weighted by Crippen LogP contribution is -2.40. The SMILES string of the molecule is C(=NN1CCNCC1)c1ccncc1. The summed E-state index contributed by atoms with van der Waals surface area (Å²) in [7, 11) is 0. The van der Waals surface area contributed by atoms with E-state index in [-0.39, 0.29) is 0 Å². The van der Waals surface area contributed by atoms with Crippen LogP contribution in [0.3, 0.4) is 0 Å². The normalized spacial score (nSPS) is 17.6. The van der Waals surface area contributed by atoms with E-state index < -0.39 is 0 Å². The molecule has 0 spiro atoms. The van der Waals surface area contributed by atoms with Gasteiger partial charge in [0.25, 0.3) is 0 Å². The molecule has 0 bridgehead atoms. The van der Waals surface area contributed by atoms with Crippen LogP contribution < -0.4 is 5.32 Å². The second-order valence-electron chi connectivity index (χ2n) is 3.23. The number of aromatic nitrogens is 1. The van der Waals surface area contributed by atoms with E-state index in [1.54, 1.807) is 12.4 Å². The van der Waals surface area contributed by atoms with Crippen LogP contribution in [0.25, 0.3) is 0 Å². The highest BCUT2D eigenvalue weighted by molar-refractivity contribution is 5.78. The average Bonchev–Trinajstić information content (AvgIpc) is 2.29. The van der Waals surface area contributed by atoms with Crippen LogP contribution in [0, 0.1) is 0 Å². The van der Waals surface area contributed by atoms with E-state index in [2.05, 4.69) is 20.4 Å². The first-order chi connectivity index (χ1) is 6.95. The highest BCUT2D eigenvalue weighted by atomic mass is 15.5. The van der Waals surface area contributed by atoms with E-state index in [4.69, 9.17) is 0 Å². The van der Waals surface area contributed by atoms with E-state index in [0.717, 1.165) is 31.7 Å². The largest absolute Gasteiger partial charge is 0.313 e. The predicted molar refractivity (Wildman–Crippen MR) is 56.3 cm³/mol. The molecule has 2 rings (SSSR count). The van der Waals surface area contributed by atoms with Gasteiger partial charge >= 0.3 is 0 Å². The summed E-state index contributed by atoms with van der Waals surface area (Å²) in [4.78, 5) is 3.95. The number of hydrazone groups is 1. The van der Waals surface area contributed by atoms with Gasteiger partial charge in [0.05, 0.1) is 6.21 Å². The van der Waals surface area contributed by atoms with E-state index in [0.29, 0.717) is 0 Å². The van der Waals surface area contributed by atoms with Crippen molar-refractivity contribution in [2.75, 3.05) is 26.2 Å². The Bertz CT molecular complexity index is 290. The molecule has 0 atom stereocenters. The molecule has 1 fully saturated rings. The lowest BCUT2D eigenvalue weighted by Gasteiger charge is -2.24. The van der Waals surface area contributed by atoms with Crippen LogP contribution in [0.15, 0.2) is 29.6 Å². The summed E-state index contributed by atoms with van der Waals surface area (Å²) in [5.74, 6) is 0. The highest BCUT2D eigenvalue weighted by Crippen LogP contribution is 1.95. The number of hydrogen-bond acceptors (Lipinski definition) is 4. The topological polar surface area (TPSA) is 40.5 Å². The van der Waals surface area contributed by atoms with Crippen molar-refractivity contribution in [1.82, 2.24) is 15.3 Å². The summed E-state index contributed by atoms with van der Waals surface area (Å²) < 4.78 is 0. The summed E-state index contributed by atoms with van der Waals surface area (Å²) in [6.07, 6.45) is 5.44. The van der Waals surface area contributed by atoms with Crippen LogP contribution in [-0.4, -0.2) is 42.4 Å². The molecule has 0 saturated carbocycles. The number of hydrogen-bond donors (Lipinski definition) is 1. The van der Waals surface area contributed by atoms with Crippen molar-refractivity contribution in [3.05, 3.63) is 30.1 Å². The average molecular weight is 190 g/mol. The molecule has 1 saturated heterocycles. The summed E-state index contributed by atoms with van der Waals surface area (Å²) in [5, 5.41) is 9.76. The third kappa shape index (κ3) is 2.53. The fourth-order valence-corrected chi connectivity index (χ4v) is 1.37. The lowest BCUT2D eigenvalue weighted by atomic mass is 10.3. The first-order valence-electron chi connectivity index (χ1n) is 4.85. The van der Waals surface area contributed by atoms with Gasteiger partial charge in [0.1, 0.15) is 0 Å². The van der Waals surface area contributed by atoms with Crippen LogP contribution in [0.4, 0.5) is 0 Å². The third-order valence-corrected chi connectivity index (χ3v) is 2.17. The minimum Gasteiger partial charge on any atom is -0.313 e. The van der Waals surface area contributed by atoms with Crippen LogP contribution in [0.2, 0.25) is 0 Å². The predicted octanol–water partition coefficient (Wildman–Crippen LogP) is 0.321. The Morgan fingerprint density at radius 3 is 2.71 bits per heavy atom. The summed E-state index contributed by atoms with van der Waals surface area (Å²) >= 11 is 0. The van der Waals surface area contributed by atoms with Gasteiger partial charge in [-0.2, -0.15) is 5.10 Å². The molecular weight excluding hydrogens is 176 g/mol. The number of pyridine rings is 1. The van der Waals surface area contributed by atoms with Crippen molar-refractivity contribution in [3.8, 4) is 0 Å². The van der Waals surface area contributed by atoms with Gasteiger partial charge in [-0.05, 0) is 17.7 Å². The molecule has 0 aromatic carbocycles. The smallest absolute Gasteiger partial charge is 0.0544 e. The summed E-state index contributed by atoms with van der Waals surface area (Å²) in [5.41, 5.74) is 1.10.